The van der Waals surface area contributed by atoms with Crippen LogP contribution in [0.3, 0.4) is 0 Å². The van der Waals surface area contributed by atoms with Crippen LogP contribution in [-0.2, 0) is 14.9 Å². The van der Waals surface area contributed by atoms with Crippen LogP contribution in [0.15, 0.2) is 24.3 Å². The Morgan fingerprint density at radius 1 is 1.24 bits per heavy atom. The number of halogens is 1. The number of carbonyl (C=O) groups excluding carboxylic acids is 1. The van der Waals surface area contributed by atoms with Crippen LogP contribution in [-0.4, -0.2) is 61.1 Å². The second-order valence-corrected chi connectivity index (χ2v) is 7.85. The Balaban J connectivity index is 1.52. The van der Waals surface area contributed by atoms with Crippen molar-refractivity contribution in [2.24, 2.45) is 5.92 Å². The van der Waals surface area contributed by atoms with Gasteiger partial charge in [-0.05, 0) is 36.5 Å². The second-order valence-electron chi connectivity index (χ2n) is 7.85. The van der Waals surface area contributed by atoms with Crippen molar-refractivity contribution in [2.75, 3.05) is 39.4 Å². The van der Waals surface area contributed by atoms with Gasteiger partial charge in [-0.2, -0.15) is 0 Å². The Morgan fingerprint density at radius 2 is 2.00 bits per heavy atom. The summed E-state index contributed by atoms with van der Waals surface area (Å²) in [6, 6.07) is 7.06. The molecule has 1 aliphatic carbocycles. The predicted molar refractivity (Wildman–Crippen MR) is 93.9 cm³/mol. The largest absolute Gasteiger partial charge is 0.379 e. The third-order valence-electron chi connectivity index (χ3n) is 6.37. The number of likely N-dealkylation sites (tertiary alicyclic amines) is 1. The van der Waals surface area contributed by atoms with Crippen molar-refractivity contribution >= 4 is 5.91 Å². The summed E-state index contributed by atoms with van der Waals surface area (Å²) in [6.45, 7) is 7.30. The molecule has 2 heterocycles. The van der Waals surface area contributed by atoms with E-state index in [0.717, 1.165) is 64.2 Å². The minimum Gasteiger partial charge on any atom is -0.379 e. The van der Waals surface area contributed by atoms with Gasteiger partial charge in [0.2, 0.25) is 5.91 Å². The molecule has 2 atom stereocenters. The van der Waals surface area contributed by atoms with Crippen LogP contribution in [0.4, 0.5) is 4.39 Å². The lowest BCUT2D eigenvalue weighted by atomic mass is 9.63. The number of benzene rings is 1. The van der Waals surface area contributed by atoms with Crippen molar-refractivity contribution in [1.29, 1.82) is 0 Å². The van der Waals surface area contributed by atoms with Gasteiger partial charge < -0.3 is 9.64 Å². The first kappa shape index (κ1) is 17.0. The Labute approximate surface area is 148 Å². The molecule has 5 heteroatoms. The van der Waals surface area contributed by atoms with E-state index in [1.807, 2.05) is 11.0 Å². The summed E-state index contributed by atoms with van der Waals surface area (Å²) in [5.74, 6) is 0.413. The van der Waals surface area contributed by atoms with Crippen LogP contribution in [0.1, 0.15) is 31.7 Å². The maximum Gasteiger partial charge on any atom is 0.233 e. The number of morpholine rings is 1. The fraction of sp³-hybridized carbons (Fsp3) is 0.650. The van der Waals surface area contributed by atoms with E-state index in [4.69, 9.17) is 4.74 Å². The summed E-state index contributed by atoms with van der Waals surface area (Å²) in [5.41, 5.74) is 0.355. The average molecular weight is 346 g/mol. The highest BCUT2D eigenvalue weighted by Crippen LogP contribution is 2.46. The number of rotatable bonds is 3. The van der Waals surface area contributed by atoms with Crippen molar-refractivity contribution in [3.63, 3.8) is 0 Å². The lowest BCUT2D eigenvalue weighted by Crippen LogP contribution is -2.51. The first-order chi connectivity index (χ1) is 12.1. The molecule has 1 saturated carbocycles. The first-order valence-electron chi connectivity index (χ1n) is 9.47. The summed E-state index contributed by atoms with van der Waals surface area (Å²) in [4.78, 5) is 17.9. The maximum absolute atomic E-state index is 13.7. The van der Waals surface area contributed by atoms with Crippen LogP contribution < -0.4 is 0 Å². The van der Waals surface area contributed by atoms with E-state index in [1.165, 1.54) is 6.07 Å². The molecule has 0 unspecified atom stereocenters. The standard InChI is InChI=1S/C20H27FN2O2/c1-15-13-23(14-18(15)22-8-10-25-11-9-22)19(24)20(6-3-7-20)16-4-2-5-17(21)12-16/h2,4-5,12,15,18H,3,6-11,13-14H2,1H3/t15-,18-/m0/s1. The second kappa shape index (κ2) is 6.69. The van der Waals surface area contributed by atoms with Crippen molar-refractivity contribution < 1.29 is 13.9 Å². The molecule has 2 aliphatic heterocycles. The smallest absolute Gasteiger partial charge is 0.233 e. The van der Waals surface area contributed by atoms with E-state index in [0.29, 0.717) is 12.0 Å². The van der Waals surface area contributed by atoms with Gasteiger partial charge in [-0.15, -0.1) is 0 Å². The van der Waals surface area contributed by atoms with Gasteiger partial charge >= 0.3 is 0 Å². The van der Waals surface area contributed by atoms with Crippen LogP contribution in [0, 0.1) is 11.7 Å². The molecule has 1 aromatic rings. The number of ether oxygens (including phenoxy) is 1. The average Bonchev–Trinajstić information content (AvgIpc) is 2.96. The van der Waals surface area contributed by atoms with Gasteiger partial charge in [0.1, 0.15) is 5.82 Å². The number of nitrogens with zero attached hydrogens (tertiary/aromatic N) is 2. The topological polar surface area (TPSA) is 32.8 Å². The van der Waals surface area contributed by atoms with E-state index in [2.05, 4.69) is 11.8 Å². The Hall–Kier alpha value is -1.46. The van der Waals surface area contributed by atoms with E-state index in [9.17, 15) is 9.18 Å². The van der Waals surface area contributed by atoms with Crippen molar-refractivity contribution in [3.8, 4) is 0 Å². The number of amides is 1. The van der Waals surface area contributed by atoms with Gasteiger partial charge in [0, 0.05) is 32.2 Å². The van der Waals surface area contributed by atoms with Crippen LogP contribution in [0.25, 0.3) is 0 Å². The monoisotopic (exact) mass is 346 g/mol. The van der Waals surface area contributed by atoms with E-state index >= 15 is 0 Å². The van der Waals surface area contributed by atoms with Crippen LogP contribution in [0.5, 0.6) is 0 Å². The van der Waals surface area contributed by atoms with Crippen LogP contribution >= 0.6 is 0 Å². The zero-order valence-corrected chi connectivity index (χ0v) is 14.9. The normalized spacial score (nSPS) is 29.4. The molecule has 4 nitrogen and oxygen atoms in total. The van der Waals surface area contributed by atoms with Crippen molar-refractivity contribution in [2.45, 2.75) is 37.6 Å². The molecule has 136 valence electrons. The molecule has 3 fully saturated rings. The lowest BCUT2D eigenvalue weighted by molar-refractivity contribution is -0.140. The minimum atomic E-state index is -0.498. The quantitative estimate of drug-likeness (QED) is 0.843. The first-order valence-corrected chi connectivity index (χ1v) is 9.47. The fourth-order valence-corrected chi connectivity index (χ4v) is 4.75. The molecule has 0 N–H and O–H groups in total. The predicted octanol–water partition coefficient (Wildman–Crippen LogP) is 2.43. The lowest BCUT2D eigenvalue weighted by Gasteiger charge is -2.43. The van der Waals surface area contributed by atoms with Gasteiger partial charge in [-0.25, -0.2) is 4.39 Å². The third-order valence-corrected chi connectivity index (χ3v) is 6.37. The fourth-order valence-electron chi connectivity index (χ4n) is 4.75. The summed E-state index contributed by atoms with van der Waals surface area (Å²) in [6.07, 6.45) is 2.71. The van der Waals surface area contributed by atoms with Gasteiger partial charge in [0.25, 0.3) is 0 Å². The Morgan fingerprint density at radius 3 is 2.64 bits per heavy atom. The third kappa shape index (κ3) is 2.97. The van der Waals surface area contributed by atoms with Crippen LogP contribution in [0.2, 0.25) is 0 Å². The molecule has 0 spiro atoms. The summed E-state index contributed by atoms with van der Waals surface area (Å²) < 4.78 is 19.2. The minimum absolute atomic E-state index is 0.201. The zero-order chi connectivity index (χ0) is 17.4. The highest BCUT2D eigenvalue weighted by molar-refractivity contribution is 5.89. The number of carbonyl (C=O) groups is 1. The van der Waals surface area contributed by atoms with Gasteiger partial charge in [-0.1, -0.05) is 25.5 Å². The maximum atomic E-state index is 13.7. The van der Waals surface area contributed by atoms with E-state index < -0.39 is 5.41 Å². The summed E-state index contributed by atoms with van der Waals surface area (Å²) in [5, 5.41) is 0. The summed E-state index contributed by atoms with van der Waals surface area (Å²) in [7, 11) is 0. The van der Waals surface area contributed by atoms with Crippen molar-refractivity contribution in [3.05, 3.63) is 35.6 Å². The molecule has 4 rings (SSSR count). The Bertz CT molecular complexity index is 640. The van der Waals surface area contributed by atoms with Gasteiger partial charge in [-0.3, -0.25) is 9.69 Å². The zero-order valence-electron chi connectivity index (χ0n) is 14.9. The molecule has 0 aromatic heterocycles. The molecule has 1 amide bonds. The van der Waals surface area contributed by atoms with Gasteiger partial charge in [0.15, 0.2) is 0 Å². The highest BCUT2D eigenvalue weighted by Gasteiger charge is 2.50. The SMILES string of the molecule is C[C@H]1CN(C(=O)C2(c3cccc(F)c3)CCC2)C[C@@H]1N1CCOCC1. The number of hydrogen-bond acceptors (Lipinski definition) is 3. The molecular formula is C20H27FN2O2. The molecule has 1 aromatic carbocycles. The molecule has 2 saturated heterocycles. The molecule has 3 aliphatic rings. The molecule has 25 heavy (non-hydrogen) atoms. The highest BCUT2D eigenvalue weighted by atomic mass is 19.1. The van der Waals surface area contributed by atoms with E-state index in [-0.39, 0.29) is 11.7 Å². The molecular weight excluding hydrogens is 319 g/mol. The molecule has 0 radical (unpaired) electrons. The van der Waals surface area contributed by atoms with E-state index in [1.54, 1.807) is 12.1 Å². The summed E-state index contributed by atoms with van der Waals surface area (Å²) >= 11 is 0. The Kier molecular flexibility index (Phi) is 4.54. The number of hydrogen-bond donors (Lipinski definition) is 0. The molecule has 0 bridgehead atoms. The van der Waals surface area contributed by atoms with Gasteiger partial charge in [0.05, 0.1) is 18.6 Å². The van der Waals surface area contributed by atoms with Crippen molar-refractivity contribution in [1.82, 2.24) is 9.80 Å².